The topological polar surface area (TPSA) is 76.1 Å². The van der Waals surface area contributed by atoms with Gasteiger partial charge in [0.05, 0.1) is 33.0 Å². The molecule has 1 atom stereocenters. The van der Waals surface area contributed by atoms with Crippen molar-refractivity contribution in [3.8, 4) is 17.2 Å². The number of anilines is 1. The Bertz CT molecular complexity index is 825. The fraction of sp³-hybridized carbons (Fsp3) is 0.571. The van der Waals surface area contributed by atoms with Crippen molar-refractivity contribution in [1.29, 1.82) is 0 Å². The van der Waals surface area contributed by atoms with Gasteiger partial charge >= 0.3 is 0 Å². The van der Waals surface area contributed by atoms with Crippen LogP contribution in [0.15, 0.2) is 12.1 Å². The summed E-state index contributed by atoms with van der Waals surface area (Å²) < 4.78 is 16.7. The van der Waals surface area contributed by atoms with E-state index in [0.29, 0.717) is 36.4 Å². The molecule has 2 N–H and O–H groups in total. The number of benzene rings is 1. The van der Waals surface area contributed by atoms with Crippen LogP contribution in [0.5, 0.6) is 17.2 Å². The molecule has 7 heteroatoms. The summed E-state index contributed by atoms with van der Waals surface area (Å²) in [5.41, 5.74) is 1.85. The van der Waals surface area contributed by atoms with Crippen molar-refractivity contribution in [3.63, 3.8) is 0 Å². The van der Waals surface area contributed by atoms with Crippen LogP contribution in [0, 0.1) is 0 Å². The van der Waals surface area contributed by atoms with Crippen molar-refractivity contribution < 1.29 is 19.3 Å². The molecule has 0 saturated carbocycles. The predicted molar refractivity (Wildman–Crippen MR) is 111 cm³/mol. The van der Waals surface area contributed by atoms with Crippen LogP contribution in [0.1, 0.15) is 32.3 Å². The highest BCUT2D eigenvalue weighted by Gasteiger charge is 2.24. The Kier molecular flexibility index (Phi) is 6.46. The molecule has 1 unspecified atom stereocenters. The van der Waals surface area contributed by atoms with E-state index in [2.05, 4.69) is 30.1 Å². The molecule has 3 rings (SSSR count). The van der Waals surface area contributed by atoms with Crippen LogP contribution in [0.25, 0.3) is 10.9 Å². The number of rotatable bonds is 7. The summed E-state index contributed by atoms with van der Waals surface area (Å²) in [7, 11) is 4.83. The molecule has 1 aliphatic heterocycles. The Morgan fingerprint density at radius 1 is 1.18 bits per heavy atom. The van der Waals surface area contributed by atoms with Crippen LogP contribution in [-0.2, 0) is 6.54 Å². The van der Waals surface area contributed by atoms with E-state index in [9.17, 15) is 5.11 Å². The molecule has 28 heavy (non-hydrogen) atoms. The summed E-state index contributed by atoms with van der Waals surface area (Å²) >= 11 is 0. The van der Waals surface area contributed by atoms with Gasteiger partial charge in [-0.3, -0.25) is 0 Å². The summed E-state index contributed by atoms with van der Waals surface area (Å²) in [5, 5.41) is 14.5. The zero-order chi connectivity index (χ0) is 20.3. The molecule has 1 fully saturated rings. The Morgan fingerprint density at radius 3 is 2.54 bits per heavy atom. The van der Waals surface area contributed by atoms with Crippen molar-refractivity contribution in [2.45, 2.75) is 45.4 Å². The molecule has 0 bridgehead atoms. The van der Waals surface area contributed by atoms with Gasteiger partial charge in [0.1, 0.15) is 5.82 Å². The molecule has 0 aliphatic carbocycles. The molecule has 154 valence electrons. The average Bonchev–Trinajstić information content (AvgIpc) is 2.69. The number of nitrogens with one attached hydrogen (secondary N) is 1. The minimum atomic E-state index is -0.322. The van der Waals surface area contributed by atoms with E-state index in [1.165, 1.54) is 0 Å². The molecule has 1 aromatic carbocycles. The molecular formula is C21H31N3O4. The SMILES string of the molecule is COc1cc2nc(N3CCCC(O)C3)c(CNC(C)C)cc2c(OC)c1OC. The number of aliphatic hydroxyl groups is 1. The number of hydrogen-bond donors (Lipinski definition) is 2. The van der Waals surface area contributed by atoms with Crippen LogP contribution < -0.4 is 24.4 Å². The van der Waals surface area contributed by atoms with Gasteiger partial charge in [-0.1, -0.05) is 13.8 Å². The second kappa shape index (κ2) is 8.84. The number of nitrogens with zero attached hydrogens (tertiary/aromatic N) is 2. The summed E-state index contributed by atoms with van der Waals surface area (Å²) in [4.78, 5) is 7.14. The molecule has 1 aliphatic rings. The molecular weight excluding hydrogens is 358 g/mol. The molecule has 0 amide bonds. The van der Waals surface area contributed by atoms with E-state index < -0.39 is 0 Å². The van der Waals surface area contributed by atoms with Crippen molar-refractivity contribution >= 4 is 16.7 Å². The van der Waals surface area contributed by atoms with Gasteiger partial charge in [-0.25, -0.2) is 4.98 Å². The second-order valence-corrected chi connectivity index (χ2v) is 7.46. The second-order valence-electron chi connectivity index (χ2n) is 7.46. The smallest absolute Gasteiger partial charge is 0.204 e. The number of aromatic nitrogens is 1. The van der Waals surface area contributed by atoms with Crippen LogP contribution in [0.4, 0.5) is 5.82 Å². The summed E-state index contributed by atoms with van der Waals surface area (Å²) in [6.45, 7) is 6.40. The maximum Gasteiger partial charge on any atom is 0.204 e. The van der Waals surface area contributed by atoms with Gasteiger partial charge in [0.15, 0.2) is 11.5 Å². The first-order valence-electron chi connectivity index (χ1n) is 9.77. The van der Waals surface area contributed by atoms with Crippen LogP contribution in [0.2, 0.25) is 0 Å². The number of methoxy groups -OCH3 is 3. The van der Waals surface area contributed by atoms with Gasteiger partial charge in [-0.15, -0.1) is 0 Å². The van der Waals surface area contributed by atoms with Gasteiger partial charge in [0, 0.05) is 42.7 Å². The number of fused-ring (bicyclic) bond motifs is 1. The number of aliphatic hydroxyl groups excluding tert-OH is 1. The average molecular weight is 389 g/mol. The normalized spacial score (nSPS) is 17.2. The van der Waals surface area contributed by atoms with Gasteiger partial charge in [-0.05, 0) is 18.9 Å². The Morgan fingerprint density at radius 2 is 1.93 bits per heavy atom. The number of β-amino-alcohol motifs (C(OH)–C–C–N with tert-alkyl or cyclic N) is 1. The maximum atomic E-state index is 10.2. The summed E-state index contributed by atoms with van der Waals surface area (Å²) in [6.07, 6.45) is 1.47. The zero-order valence-corrected chi connectivity index (χ0v) is 17.4. The third-order valence-corrected chi connectivity index (χ3v) is 5.08. The predicted octanol–water partition coefficient (Wildman–Crippen LogP) is 2.72. The fourth-order valence-corrected chi connectivity index (χ4v) is 3.69. The minimum absolute atomic E-state index is 0.322. The first-order valence-corrected chi connectivity index (χ1v) is 9.77. The van der Waals surface area contributed by atoms with Crippen LogP contribution >= 0.6 is 0 Å². The maximum absolute atomic E-state index is 10.2. The summed E-state index contributed by atoms with van der Waals surface area (Å²) in [5.74, 6) is 2.65. The Hall–Kier alpha value is -2.25. The minimum Gasteiger partial charge on any atom is -0.493 e. The lowest BCUT2D eigenvalue weighted by molar-refractivity contribution is 0.154. The van der Waals surface area contributed by atoms with Gasteiger partial charge < -0.3 is 29.5 Å². The van der Waals surface area contributed by atoms with Gasteiger partial charge in [0.25, 0.3) is 0 Å². The molecule has 0 spiro atoms. The van der Waals surface area contributed by atoms with E-state index in [0.717, 1.165) is 41.7 Å². The third kappa shape index (κ3) is 4.10. The molecule has 0 radical (unpaired) electrons. The first-order chi connectivity index (χ1) is 13.5. The largest absolute Gasteiger partial charge is 0.493 e. The first kappa shape index (κ1) is 20.5. The molecule has 7 nitrogen and oxygen atoms in total. The summed E-state index contributed by atoms with van der Waals surface area (Å²) in [6, 6.07) is 4.33. The molecule has 1 saturated heterocycles. The van der Waals surface area contributed by atoms with Gasteiger partial charge in [0.2, 0.25) is 5.75 Å². The van der Waals surface area contributed by atoms with E-state index in [1.54, 1.807) is 21.3 Å². The molecule has 1 aromatic heterocycles. The van der Waals surface area contributed by atoms with Crippen LogP contribution in [0.3, 0.4) is 0 Å². The zero-order valence-electron chi connectivity index (χ0n) is 17.4. The highest BCUT2D eigenvalue weighted by Crippen LogP contribution is 2.44. The lowest BCUT2D eigenvalue weighted by atomic mass is 10.1. The third-order valence-electron chi connectivity index (χ3n) is 5.08. The van der Waals surface area contributed by atoms with E-state index in [4.69, 9.17) is 19.2 Å². The monoisotopic (exact) mass is 389 g/mol. The van der Waals surface area contributed by atoms with E-state index in [1.807, 2.05) is 6.07 Å². The molecule has 2 heterocycles. The number of piperidine rings is 1. The number of pyridine rings is 1. The highest BCUT2D eigenvalue weighted by molar-refractivity contribution is 5.92. The number of hydrogen-bond acceptors (Lipinski definition) is 7. The standard InChI is InChI=1S/C21H31N3O4/c1-13(2)22-11-14-9-16-17(10-18(26-3)20(28-5)19(16)27-4)23-21(14)24-8-6-7-15(25)12-24/h9-10,13,15,22,25H,6-8,11-12H2,1-5H3. The van der Waals surface area contributed by atoms with Crippen molar-refractivity contribution in [3.05, 3.63) is 17.7 Å². The Labute approximate surface area is 166 Å². The van der Waals surface area contributed by atoms with E-state index in [-0.39, 0.29) is 6.10 Å². The van der Waals surface area contributed by atoms with Crippen molar-refractivity contribution in [1.82, 2.24) is 10.3 Å². The van der Waals surface area contributed by atoms with Crippen molar-refractivity contribution in [2.24, 2.45) is 0 Å². The molecule has 2 aromatic rings. The highest BCUT2D eigenvalue weighted by atomic mass is 16.5. The van der Waals surface area contributed by atoms with Crippen LogP contribution in [-0.4, -0.2) is 56.7 Å². The number of ether oxygens (including phenoxy) is 3. The lowest BCUT2D eigenvalue weighted by Crippen LogP contribution is -2.39. The van der Waals surface area contributed by atoms with Crippen molar-refractivity contribution in [2.75, 3.05) is 39.3 Å². The van der Waals surface area contributed by atoms with E-state index >= 15 is 0 Å². The van der Waals surface area contributed by atoms with Gasteiger partial charge in [-0.2, -0.15) is 0 Å². The quantitative estimate of drug-likeness (QED) is 0.754. The Balaban J connectivity index is 2.17. The fourth-order valence-electron chi connectivity index (χ4n) is 3.69. The lowest BCUT2D eigenvalue weighted by Gasteiger charge is -2.33.